The number of benzene rings is 2. The molecule has 33 heavy (non-hydrogen) atoms. The van der Waals surface area contributed by atoms with Crippen LogP contribution in [0.4, 0.5) is 4.79 Å². The third-order valence-corrected chi connectivity index (χ3v) is 6.89. The van der Waals surface area contributed by atoms with Gasteiger partial charge in [-0.25, -0.2) is 4.79 Å². The van der Waals surface area contributed by atoms with Gasteiger partial charge >= 0.3 is 6.03 Å². The van der Waals surface area contributed by atoms with Crippen molar-refractivity contribution in [1.29, 1.82) is 0 Å². The minimum atomic E-state index is -0.827. The fourth-order valence-corrected chi connectivity index (χ4v) is 5.05. The molecule has 0 unspecified atom stereocenters. The molecule has 2 aliphatic rings. The first-order valence-corrected chi connectivity index (χ1v) is 11.7. The Morgan fingerprint density at radius 1 is 1.06 bits per heavy atom. The second kappa shape index (κ2) is 10.1. The predicted molar refractivity (Wildman–Crippen MR) is 126 cm³/mol. The highest BCUT2D eigenvalue weighted by Gasteiger charge is 2.57. The van der Waals surface area contributed by atoms with Crippen LogP contribution in [0, 0.1) is 0 Å². The summed E-state index contributed by atoms with van der Waals surface area (Å²) in [5.74, 6) is 0.0982. The maximum absolute atomic E-state index is 13.7. The van der Waals surface area contributed by atoms with Gasteiger partial charge in [-0.05, 0) is 43.0 Å². The number of nitrogens with zero attached hydrogens (tertiary/aromatic N) is 3. The molecule has 1 N–H and O–H groups in total. The molecule has 4 rings (SSSR count). The summed E-state index contributed by atoms with van der Waals surface area (Å²) in [4.78, 5) is 32.4. The van der Waals surface area contributed by atoms with Crippen LogP contribution in [0.15, 0.2) is 48.5 Å². The second-order valence-corrected chi connectivity index (χ2v) is 9.17. The van der Waals surface area contributed by atoms with E-state index < -0.39 is 5.54 Å². The number of aromatic hydroxyl groups is 1. The van der Waals surface area contributed by atoms with Gasteiger partial charge in [-0.1, -0.05) is 41.9 Å². The first-order chi connectivity index (χ1) is 15.9. The second-order valence-electron chi connectivity index (χ2n) is 8.74. The number of likely N-dealkylation sites (tertiary alicyclic amines) is 1. The van der Waals surface area contributed by atoms with Crippen molar-refractivity contribution in [2.75, 3.05) is 33.4 Å². The number of hydrogen-bond acceptors (Lipinski definition) is 5. The average molecular weight is 472 g/mol. The summed E-state index contributed by atoms with van der Waals surface area (Å²) in [5, 5.41) is 10.8. The van der Waals surface area contributed by atoms with Crippen LogP contribution in [0.5, 0.6) is 5.75 Å². The molecule has 1 spiro atoms. The number of phenols is 1. The molecule has 2 aliphatic heterocycles. The Labute approximate surface area is 199 Å². The van der Waals surface area contributed by atoms with Crippen molar-refractivity contribution in [3.8, 4) is 5.75 Å². The van der Waals surface area contributed by atoms with Gasteiger partial charge in [-0.2, -0.15) is 0 Å². The monoisotopic (exact) mass is 471 g/mol. The van der Waals surface area contributed by atoms with E-state index in [1.54, 1.807) is 30.2 Å². The molecule has 2 aromatic rings. The Morgan fingerprint density at radius 3 is 2.48 bits per heavy atom. The number of ether oxygens (including phenoxy) is 1. The van der Waals surface area contributed by atoms with Crippen LogP contribution in [0.1, 0.15) is 30.4 Å². The summed E-state index contributed by atoms with van der Waals surface area (Å²) in [5.41, 5.74) is 0.865. The Bertz CT molecular complexity index is 992. The van der Waals surface area contributed by atoms with Crippen LogP contribution in [0.3, 0.4) is 0 Å². The Kier molecular flexibility index (Phi) is 7.22. The van der Waals surface area contributed by atoms with Crippen LogP contribution in [0.25, 0.3) is 0 Å². The van der Waals surface area contributed by atoms with Gasteiger partial charge in [0.15, 0.2) is 0 Å². The molecule has 2 saturated heterocycles. The van der Waals surface area contributed by atoms with Crippen LogP contribution >= 0.6 is 11.6 Å². The third-order valence-electron chi connectivity index (χ3n) is 6.65. The Morgan fingerprint density at radius 2 is 1.79 bits per heavy atom. The summed E-state index contributed by atoms with van der Waals surface area (Å²) >= 11 is 6.10. The highest BCUT2D eigenvalue weighted by Crippen LogP contribution is 2.39. The van der Waals surface area contributed by atoms with Crippen molar-refractivity contribution in [1.82, 2.24) is 14.7 Å². The third kappa shape index (κ3) is 4.86. The van der Waals surface area contributed by atoms with Crippen molar-refractivity contribution in [3.05, 3.63) is 64.7 Å². The molecule has 2 heterocycles. The van der Waals surface area contributed by atoms with E-state index in [1.165, 1.54) is 4.90 Å². The summed E-state index contributed by atoms with van der Waals surface area (Å²) in [6.45, 7) is 3.13. The zero-order valence-corrected chi connectivity index (χ0v) is 19.6. The average Bonchev–Trinajstić information content (AvgIpc) is 3.00. The van der Waals surface area contributed by atoms with E-state index in [0.29, 0.717) is 57.1 Å². The van der Waals surface area contributed by atoms with E-state index in [-0.39, 0.29) is 24.2 Å². The number of halogens is 1. The topological polar surface area (TPSA) is 73.3 Å². The Balaban J connectivity index is 1.51. The lowest BCUT2D eigenvalue weighted by atomic mass is 9.85. The highest BCUT2D eigenvalue weighted by molar-refractivity contribution is 6.30. The van der Waals surface area contributed by atoms with E-state index in [0.717, 1.165) is 11.1 Å². The lowest BCUT2D eigenvalue weighted by molar-refractivity contribution is -0.136. The van der Waals surface area contributed by atoms with E-state index in [2.05, 4.69) is 4.90 Å². The normalized spacial score (nSPS) is 18.5. The molecule has 7 nitrogen and oxygen atoms in total. The van der Waals surface area contributed by atoms with Crippen LogP contribution in [-0.2, 0) is 22.6 Å². The summed E-state index contributed by atoms with van der Waals surface area (Å²) in [6.07, 6.45) is 1.78. The molecule has 0 radical (unpaired) electrons. The molecular formula is C25H30ClN3O4. The zero-order valence-electron chi connectivity index (χ0n) is 18.9. The molecule has 3 amide bonds. The number of methoxy groups -OCH3 is 1. The number of imide groups is 1. The highest BCUT2D eigenvalue weighted by atomic mass is 35.5. The molecule has 0 aromatic heterocycles. The molecule has 0 saturated carbocycles. The summed E-state index contributed by atoms with van der Waals surface area (Å²) < 4.78 is 5.19. The first-order valence-electron chi connectivity index (χ1n) is 11.3. The summed E-state index contributed by atoms with van der Waals surface area (Å²) in [7, 11) is 1.64. The van der Waals surface area contributed by atoms with Crippen LogP contribution < -0.4 is 0 Å². The van der Waals surface area contributed by atoms with Gasteiger partial charge in [-0.15, -0.1) is 0 Å². The van der Waals surface area contributed by atoms with Crippen molar-refractivity contribution in [2.24, 2.45) is 0 Å². The lowest BCUT2D eigenvalue weighted by Gasteiger charge is -2.42. The molecule has 176 valence electrons. The van der Waals surface area contributed by atoms with Gasteiger partial charge in [0.2, 0.25) is 0 Å². The molecule has 0 aliphatic carbocycles. The predicted octanol–water partition coefficient (Wildman–Crippen LogP) is 3.88. The van der Waals surface area contributed by atoms with Gasteiger partial charge in [-0.3, -0.25) is 14.6 Å². The lowest BCUT2D eigenvalue weighted by Crippen LogP contribution is -2.56. The van der Waals surface area contributed by atoms with Crippen LogP contribution in [-0.4, -0.2) is 70.6 Å². The molecule has 0 bridgehead atoms. The Hall–Kier alpha value is -2.61. The molecule has 2 aromatic carbocycles. The fraction of sp³-hybridized carbons (Fsp3) is 0.440. The number of amides is 3. The van der Waals surface area contributed by atoms with Gasteiger partial charge in [0.25, 0.3) is 5.91 Å². The van der Waals surface area contributed by atoms with Gasteiger partial charge < -0.3 is 14.7 Å². The van der Waals surface area contributed by atoms with Gasteiger partial charge in [0, 0.05) is 50.5 Å². The van der Waals surface area contributed by atoms with Crippen LogP contribution in [0.2, 0.25) is 5.02 Å². The van der Waals surface area contributed by atoms with Crippen molar-refractivity contribution < 1.29 is 19.4 Å². The minimum Gasteiger partial charge on any atom is -0.508 e. The number of phenolic OH excluding ortho intramolecular Hbond substituents is 1. The quantitative estimate of drug-likeness (QED) is 0.467. The van der Waals surface area contributed by atoms with Crippen molar-refractivity contribution in [3.63, 3.8) is 0 Å². The number of carbonyl (C=O) groups excluding carboxylic acids is 2. The molecular weight excluding hydrogens is 442 g/mol. The number of rotatable bonds is 8. The zero-order chi connectivity index (χ0) is 23.4. The maximum atomic E-state index is 13.7. The number of carbonyl (C=O) groups is 2. The van der Waals surface area contributed by atoms with Gasteiger partial charge in [0.05, 0.1) is 6.54 Å². The van der Waals surface area contributed by atoms with E-state index in [4.69, 9.17) is 16.3 Å². The van der Waals surface area contributed by atoms with E-state index in [1.807, 2.05) is 30.3 Å². The standard InChI is InChI=1S/C25H30ClN3O4/c1-33-15-5-12-29-24(32)28(17-19-6-3-2-4-7-19)23(31)25(29)10-13-27(14-11-25)18-20-16-21(26)8-9-22(20)30/h2-4,6-9,16,30H,5,10-15,17-18H2,1H3. The van der Waals surface area contributed by atoms with E-state index in [9.17, 15) is 14.7 Å². The smallest absolute Gasteiger partial charge is 0.327 e. The SMILES string of the molecule is COCCCN1C(=O)N(Cc2ccccc2)C(=O)C12CCN(Cc1cc(Cl)ccc1O)CC2. The van der Waals surface area contributed by atoms with E-state index >= 15 is 0 Å². The fourth-order valence-electron chi connectivity index (χ4n) is 4.85. The molecule has 0 atom stereocenters. The largest absolute Gasteiger partial charge is 0.508 e. The molecule has 2 fully saturated rings. The van der Waals surface area contributed by atoms with Crippen molar-refractivity contribution >= 4 is 23.5 Å². The number of hydrogen-bond donors (Lipinski definition) is 1. The van der Waals surface area contributed by atoms with Crippen molar-refractivity contribution in [2.45, 2.75) is 37.9 Å². The minimum absolute atomic E-state index is 0.112. The maximum Gasteiger partial charge on any atom is 0.327 e. The first kappa shape index (κ1) is 23.5. The summed E-state index contributed by atoms with van der Waals surface area (Å²) in [6, 6.07) is 14.4. The molecule has 8 heteroatoms. The van der Waals surface area contributed by atoms with Gasteiger partial charge in [0.1, 0.15) is 11.3 Å². The number of urea groups is 1. The number of piperidine rings is 1.